The Hall–Kier alpha value is -2.31. The maximum absolute atomic E-state index is 15.3. The summed E-state index contributed by atoms with van der Waals surface area (Å²) < 4.78 is 29.2. The Bertz CT molecular complexity index is 893. The van der Waals surface area contributed by atoms with Crippen molar-refractivity contribution in [2.45, 2.75) is 51.3 Å². The zero-order chi connectivity index (χ0) is 20.6. The van der Waals surface area contributed by atoms with Gasteiger partial charge in [0.05, 0.1) is 6.04 Å². The molecule has 2 unspecified atom stereocenters. The molecule has 28 heavy (non-hydrogen) atoms. The highest BCUT2D eigenvalue weighted by Crippen LogP contribution is 2.31. The van der Waals surface area contributed by atoms with Gasteiger partial charge < -0.3 is 15.7 Å². The van der Waals surface area contributed by atoms with Crippen molar-refractivity contribution in [3.05, 3.63) is 59.2 Å². The highest BCUT2D eigenvalue weighted by atomic mass is 19.1. The number of benzene rings is 2. The standard InChI is InChI=1S/C22H26F2N2O2/c1-13-15(7-5-9-17(13)23)16-8-4-6-14(20(16)24)12-19-18(25)10-11-26(19)21(27)22(2,3)28/h4-9,18-19,28H,10-12,25H2,1-3H3. The lowest BCUT2D eigenvalue weighted by atomic mass is 9.94. The van der Waals surface area contributed by atoms with Crippen LogP contribution in [0.25, 0.3) is 11.1 Å². The summed E-state index contributed by atoms with van der Waals surface area (Å²) in [7, 11) is 0. The number of carbonyl (C=O) groups is 1. The number of hydrogen-bond donors (Lipinski definition) is 2. The van der Waals surface area contributed by atoms with E-state index >= 15 is 4.39 Å². The van der Waals surface area contributed by atoms with Crippen molar-refractivity contribution in [3.8, 4) is 11.1 Å². The first kappa shape index (κ1) is 20.4. The lowest BCUT2D eigenvalue weighted by molar-refractivity contribution is -0.148. The third-order valence-corrected chi connectivity index (χ3v) is 5.45. The van der Waals surface area contributed by atoms with E-state index in [9.17, 15) is 14.3 Å². The Morgan fingerprint density at radius 2 is 1.86 bits per heavy atom. The Labute approximate surface area is 164 Å². The summed E-state index contributed by atoms with van der Waals surface area (Å²) >= 11 is 0. The molecule has 150 valence electrons. The molecule has 0 aliphatic carbocycles. The third-order valence-electron chi connectivity index (χ3n) is 5.45. The van der Waals surface area contributed by atoms with Crippen LogP contribution in [0.15, 0.2) is 36.4 Å². The fourth-order valence-electron chi connectivity index (χ4n) is 3.81. The molecule has 0 bridgehead atoms. The second kappa shape index (κ2) is 7.60. The third kappa shape index (κ3) is 3.80. The average molecular weight is 388 g/mol. The van der Waals surface area contributed by atoms with Gasteiger partial charge in [-0.1, -0.05) is 30.3 Å². The van der Waals surface area contributed by atoms with Gasteiger partial charge in [0, 0.05) is 18.2 Å². The molecule has 3 N–H and O–H groups in total. The van der Waals surface area contributed by atoms with Crippen LogP contribution in [0.4, 0.5) is 8.78 Å². The molecule has 1 amide bonds. The Morgan fingerprint density at radius 3 is 2.54 bits per heavy atom. The summed E-state index contributed by atoms with van der Waals surface area (Å²) in [4.78, 5) is 14.1. The van der Waals surface area contributed by atoms with Crippen molar-refractivity contribution in [1.29, 1.82) is 0 Å². The molecule has 3 rings (SSSR count). The van der Waals surface area contributed by atoms with Crippen molar-refractivity contribution >= 4 is 5.91 Å². The molecule has 0 saturated carbocycles. The lowest BCUT2D eigenvalue weighted by Gasteiger charge is -2.31. The lowest BCUT2D eigenvalue weighted by Crippen LogP contribution is -2.51. The van der Waals surface area contributed by atoms with Crippen molar-refractivity contribution in [3.63, 3.8) is 0 Å². The summed E-state index contributed by atoms with van der Waals surface area (Å²) in [5, 5.41) is 10.1. The van der Waals surface area contributed by atoms with Gasteiger partial charge in [-0.3, -0.25) is 4.79 Å². The highest BCUT2D eigenvalue weighted by Gasteiger charge is 2.40. The van der Waals surface area contributed by atoms with Gasteiger partial charge in [0.2, 0.25) is 0 Å². The second-order valence-corrected chi connectivity index (χ2v) is 7.97. The molecule has 1 saturated heterocycles. The number of amides is 1. The summed E-state index contributed by atoms with van der Waals surface area (Å²) in [5.74, 6) is -1.24. The van der Waals surface area contributed by atoms with Crippen LogP contribution in [-0.4, -0.2) is 40.1 Å². The first-order valence-electron chi connectivity index (χ1n) is 9.43. The zero-order valence-electron chi connectivity index (χ0n) is 16.4. The van der Waals surface area contributed by atoms with E-state index in [1.54, 1.807) is 42.2 Å². The smallest absolute Gasteiger partial charge is 0.254 e. The fourth-order valence-corrected chi connectivity index (χ4v) is 3.81. The topological polar surface area (TPSA) is 66.6 Å². The van der Waals surface area contributed by atoms with Gasteiger partial charge in [0.25, 0.3) is 5.91 Å². The van der Waals surface area contributed by atoms with E-state index in [2.05, 4.69) is 0 Å². The molecule has 2 atom stereocenters. The maximum atomic E-state index is 15.3. The Balaban J connectivity index is 1.94. The Morgan fingerprint density at radius 1 is 1.21 bits per heavy atom. The number of rotatable bonds is 4. The number of halogens is 2. The van der Waals surface area contributed by atoms with Crippen LogP contribution >= 0.6 is 0 Å². The molecule has 4 nitrogen and oxygen atoms in total. The van der Waals surface area contributed by atoms with Crippen molar-refractivity contribution in [2.75, 3.05) is 6.54 Å². The van der Waals surface area contributed by atoms with E-state index in [4.69, 9.17) is 5.73 Å². The summed E-state index contributed by atoms with van der Waals surface area (Å²) in [6.45, 7) is 4.92. The Kier molecular flexibility index (Phi) is 5.55. The van der Waals surface area contributed by atoms with Gasteiger partial charge in [0.15, 0.2) is 0 Å². The molecular weight excluding hydrogens is 362 g/mol. The monoisotopic (exact) mass is 388 g/mol. The number of likely N-dealkylation sites (tertiary alicyclic amines) is 1. The minimum Gasteiger partial charge on any atom is -0.381 e. The van der Waals surface area contributed by atoms with Crippen LogP contribution in [0.5, 0.6) is 0 Å². The largest absolute Gasteiger partial charge is 0.381 e. The number of carbonyl (C=O) groups excluding carboxylic acids is 1. The minimum absolute atomic E-state index is 0.233. The van der Waals surface area contributed by atoms with E-state index in [0.717, 1.165) is 0 Å². The van der Waals surface area contributed by atoms with E-state index in [0.29, 0.717) is 35.2 Å². The second-order valence-electron chi connectivity index (χ2n) is 7.97. The molecule has 1 heterocycles. The summed E-state index contributed by atoms with van der Waals surface area (Å²) in [6, 6.07) is 8.88. The predicted molar refractivity (Wildman–Crippen MR) is 105 cm³/mol. The van der Waals surface area contributed by atoms with Crippen LogP contribution in [0.1, 0.15) is 31.4 Å². The molecule has 0 spiro atoms. The summed E-state index contributed by atoms with van der Waals surface area (Å²) in [6.07, 6.45) is 0.827. The molecule has 1 fully saturated rings. The van der Waals surface area contributed by atoms with Gasteiger partial charge in [-0.05, 0) is 56.4 Å². The highest BCUT2D eigenvalue weighted by molar-refractivity contribution is 5.84. The van der Waals surface area contributed by atoms with Crippen molar-refractivity contribution < 1.29 is 18.7 Å². The predicted octanol–water partition coefficient (Wildman–Crippen LogP) is 3.18. The molecule has 6 heteroatoms. The first-order valence-corrected chi connectivity index (χ1v) is 9.43. The van der Waals surface area contributed by atoms with Gasteiger partial charge in [0.1, 0.15) is 17.2 Å². The molecule has 2 aromatic rings. The molecule has 0 radical (unpaired) electrons. The molecule has 2 aromatic carbocycles. The minimum atomic E-state index is -1.51. The SMILES string of the molecule is Cc1c(F)cccc1-c1cccc(CC2C(N)CCN2C(=O)C(C)(C)O)c1F. The first-order chi connectivity index (χ1) is 13.1. The average Bonchev–Trinajstić information content (AvgIpc) is 2.98. The van der Waals surface area contributed by atoms with Crippen LogP contribution in [0.2, 0.25) is 0 Å². The van der Waals surface area contributed by atoms with Crippen LogP contribution in [0.3, 0.4) is 0 Å². The molecular formula is C22H26F2N2O2. The van der Waals surface area contributed by atoms with Crippen molar-refractivity contribution in [1.82, 2.24) is 4.90 Å². The molecule has 1 aliphatic heterocycles. The van der Waals surface area contributed by atoms with E-state index in [1.165, 1.54) is 19.9 Å². The molecule has 0 aromatic heterocycles. The van der Waals surface area contributed by atoms with E-state index in [1.807, 2.05) is 0 Å². The number of nitrogens with two attached hydrogens (primary N) is 1. The van der Waals surface area contributed by atoms with Gasteiger partial charge in [-0.25, -0.2) is 8.78 Å². The van der Waals surface area contributed by atoms with Crippen LogP contribution < -0.4 is 5.73 Å². The zero-order valence-corrected chi connectivity index (χ0v) is 16.4. The normalized spacial score (nSPS) is 19.9. The van der Waals surface area contributed by atoms with Crippen LogP contribution in [-0.2, 0) is 11.2 Å². The van der Waals surface area contributed by atoms with E-state index in [-0.39, 0.29) is 18.3 Å². The summed E-state index contributed by atoms with van der Waals surface area (Å²) in [5.41, 5.74) is 6.30. The van der Waals surface area contributed by atoms with Gasteiger partial charge in [-0.2, -0.15) is 0 Å². The quantitative estimate of drug-likeness (QED) is 0.845. The molecule has 1 aliphatic rings. The number of nitrogens with zero attached hydrogens (tertiary/aromatic N) is 1. The fraction of sp³-hybridized carbons (Fsp3) is 0.409. The van der Waals surface area contributed by atoms with Crippen LogP contribution in [0, 0.1) is 18.6 Å². The number of aliphatic hydroxyl groups is 1. The van der Waals surface area contributed by atoms with Crippen molar-refractivity contribution in [2.24, 2.45) is 5.73 Å². The van der Waals surface area contributed by atoms with E-state index < -0.39 is 23.4 Å². The maximum Gasteiger partial charge on any atom is 0.254 e. The van der Waals surface area contributed by atoms with Gasteiger partial charge in [-0.15, -0.1) is 0 Å². The number of hydrogen-bond acceptors (Lipinski definition) is 3. The van der Waals surface area contributed by atoms with Gasteiger partial charge >= 0.3 is 0 Å².